The van der Waals surface area contributed by atoms with Crippen molar-refractivity contribution in [2.24, 2.45) is 0 Å². The van der Waals surface area contributed by atoms with Gasteiger partial charge in [-0.3, -0.25) is 0 Å². The number of hydrogen-bond acceptors (Lipinski definition) is 3. The van der Waals surface area contributed by atoms with Crippen molar-refractivity contribution >= 4 is 38.4 Å². The van der Waals surface area contributed by atoms with Crippen LogP contribution in [-0.2, 0) is 12.6 Å². The number of hydrogen-bond donors (Lipinski definition) is 0. The average molecular weight is 489 g/mol. The monoisotopic (exact) mass is 487 g/mol. The summed E-state index contributed by atoms with van der Waals surface area (Å²) in [5.41, 5.74) is 1.17. The molecule has 1 aromatic heterocycles. The minimum Gasteiger partial charge on any atom is -0.492 e. The van der Waals surface area contributed by atoms with Gasteiger partial charge in [-0.2, -0.15) is 13.2 Å². The number of pyridine rings is 1. The maximum atomic E-state index is 12.8. The van der Waals surface area contributed by atoms with Crippen molar-refractivity contribution in [2.45, 2.75) is 26.4 Å². The Morgan fingerprint density at radius 2 is 1.66 bits per heavy atom. The molecule has 0 atom stereocenters. The molecule has 0 saturated heterocycles. The molecule has 3 aromatic rings. The minimum absolute atomic E-state index is 0.271. The normalized spacial score (nSPS) is 11.7. The fourth-order valence-electron chi connectivity index (χ4n) is 2.98. The van der Waals surface area contributed by atoms with Gasteiger partial charge < -0.3 is 9.47 Å². The van der Waals surface area contributed by atoms with Gasteiger partial charge in [-0.05, 0) is 59.6 Å². The summed E-state index contributed by atoms with van der Waals surface area (Å²) in [7, 11) is 0. The van der Waals surface area contributed by atoms with E-state index in [1.807, 2.05) is 19.9 Å². The van der Waals surface area contributed by atoms with Crippen LogP contribution < -0.4 is 9.47 Å². The number of fused-ring (bicyclic) bond motifs is 1. The number of benzene rings is 2. The van der Waals surface area contributed by atoms with Crippen molar-refractivity contribution < 1.29 is 22.6 Å². The summed E-state index contributed by atoms with van der Waals surface area (Å²) in [6.07, 6.45) is -4.11. The molecule has 3 rings (SSSR count). The van der Waals surface area contributed by atoms with E-state index in [1.165, 1.54) is 12.1 Å². The van der Waals surface area contributed by atoms with Gasteiger partial charge in [-0.15, -0.1) is 0 Å². The predicted molar refractivity (Wildman–Crippen MR) is 111 cm³/mol. The molecule has 0 bridgehead atoms. The molecule has 0 spiro atoms. The van der Waals surface area contributed by atoms with E-state index in [2.05, 4.69) is 20.9 Å². The minimum atomic E-state index is -4.38. The van der Waals surface area contributed by atoms with E-state index in [4.69, 9.17) is 21.1 Å². The summed E-state index contributed by atoms with van der Waals surface area (Å²) in [6.45, 7) is 4.51. The number of aromatic nitrogens is 1. The lowest BCUT2D eigenvalue weighted by Gasteiger charge is -2.17. The Labute approximate surface area is 179 Å². The van der Waals surface area contributed by atoms with Crippen molar-refractivity contribution in [1.82, 2.24) is 4.98 Å². The molecule has 0 radical (unpaired) electrons. The molecule has 0 aliphatic rings. The first kappa shape index (κ1) is 21.7. The van der Waals surface area contributed by atoms with Crippen molar-refractivity contribution in [3.05, 3.63) is 62.6 Å². The fraction of sp³-hybridized carbons (Fsp3) is 0.286. The van der Waals surface area contributed by atoms with Gasteiger partial charge in [0, 0.05) is 12.0 Å². The van der Waals surface area contributed by atoms with Crippen LogP contribution in [0.4, 0.5) is 13.2 Å². The zero-order chi connectivity index (χ0) is 21.2. The van der Waals surface area contributed by atoms with Crippen LogP contribution in [0.2, 0.25) is 5.02 Å². The molecule has 3 nitrogen and oxygen atoms in total. The van der Waals surface area contributed by atoms with Gasteiger partial charge in [0.1, 0.15) is 5.75 Å². The molecule has 0 saturated carbocycles. The highest BCUT2D eigenvalue weighted by molar-refractivity contribution is 9.10. The molecule has 0 N–H and O–H groups in total. The topological polar surface area (TPSA) is 31.4 Å². The Kier molecular flexibility index (Phi) is 6.58. The highest BCUT2D eigenvalue weighted by Crippen LogP contribution is 2.42. The Morgan fingerprint density at radius 3 is 2.24 bits per heavy atom. The maximum absolute atomic E-state index is 12.8. The highest BCUT2D eigenvalue weighted by Gasteiger charge is 2.30. The zero-order valence-corrected chi connectivity index (χ0v) is 18.1. The third-order valence-electron chi connectivity index (χ3n) is 4.28. The number of rotatable bonds is 6. The maximum Gasteiger partial charge on any atom is 0.416 e. The van der Waals surface area contributed by atoms with E-state index in [-0.39, 0.29) is 6.42 Å². The second-order valence-electron chi connectivity index (χ2n) is 6.22. The summed E-state index contributed by atoms with van der Waals surface area (Å²) in [4.78, 5) is 4.58. The second kappa shape index (κ2) is 8.79. The smallest absolute Gasteiger partial charge is 0.416 e. The molecule has 8 heteroatoms. The van der Waals surface area contributed by atoms with E-state index in [0.29, 0.717) is 51.9 Å². The number of alkyl halides is 3. The third-order valence-corrected chi connectivity index (χ3v) is 5.33. The van der Waals surface area contributed by atoms with Crippen LogP contribution in [0, 0.1) is 0 Å². The van der Waals surface area contributed by atoms with Crippen molar-refractivity contribution in [3.63, 3.8) is 0 Å². The van der Waals surface area contributed by atoms with Crippen LogP contribution in [0.25, 0.3) is 10.9 Å². The van der Waals surface area contributed by atoms with Crippen molar-refractivity contribution in [3.8, 4) is 11.6 Å². The molecule has 154 valence electrons. The zero-order valence-electron chi connectivity index (χ0n) is 15.7. The third kappa shape index (κ3) is 4.61. The standard InChI is InChI=1S/C21H18BrClF3NO2/c1-3-28-19-15(22)9-10-16-17(19)18(23)14(20(27-16)29-4-2)11-12-5-7-13(8-6-12)21(24,25)26/h5-10H,3-4,11H2,1-2H3. The van der Waals surface area contributed by atoms with Crippen LogP contribution in [-0.4, -0.2) is 18.2 Å². The molecular weight excluding hydrogens is 471 g/mol. The van der Waals surface area contributed by atoms with Gasteiger partial charge in [0.15, 0.2) is 0 Å². The fourth-order valence-corrected chi connectivity index (χ4v) is 3.76. The number of halogens is 5. The van der Waals surface area contributed by atoms with Crippen LogP contribution in [0.1, 0.15) is 30.5 Å². The molecular formula is C21H18BrClF3NO2. The molecule has 0 aliphatic heterocycles. The first-order valence-electron chi connectivity index (χ1n) is 8.98. The molecule has 0 fully saturated rings. The summed E-state index contributed by atoms with van der Waals surface area (Å²) in [5, 5.41) is 1.04. The number of nitrogens with zero attached hydrogens (tertiary/aromatic N) is 1. The van der Waals surface area contributed by atoms with E-state index < -0.39 is 11.7 Å². The van der Waals surface area contributed by atoms with E-state index in [9.17, 15) is 13.2 Å². The average Bonchev–Trinajstić information content (AvgIpc) is 2.67. The van der Waals surface area contributed by atoms with Crippen LogP contribution in [0.15, 0.2) is 40.9 Å². The van der Waals surface area contributed by atoms with Gasteiger partial charge in [-0.1, -0.05) is 23.7 Å². The lowest BCUT2D eigenvalue weighted by atomic mass is 10.0. The Hall–Kier alpha value is -1.99. The first-order chi connectivity index (χ1) is 13.8. The summed E-state index contributed by atoms with van der Waals surface area (Å²) >= 11 is 10.2. The second-order valence-corrected chi connectivity index (χ2v) is 7.45. The van der Waals surface area contributed by atoms with Crippen molar-refractivity contribution in [1.29, 1.82) is 0 Å². The largest absolute Gasteiger partial charge is 0.492 e. The first-order valence-corrected chi connectivity index (χ1v) is 10.2. The lowest BCUT2D eigenvalue weighted by molar-refractivity contribution is -0.137. The Bertz CT molecular complexity index is 1020. The van der Waals surface area contributed by atoms with Crippen LogP contribution in [0.3, 0.4) is 0 Å². The van der Waals surface area contributed by atoms with E-state index in [1.54, 1.807) is 6.07 Å². The van der Waals surface area contributed by atoms with Gasteiger partial charge in [0.2, 0.25) is 5.88 Å². The quantitative estimate of drug-likeness (QED) is 0.372. The summed E-state index contributed by atoms with van der Waals surface area (Å²) in [5.74, 6) is 0.925. The van der Waals surface area contributed by atoms with Gasteiger partial charge in [0.05, 0.1) is 39.2 Å². The van der Waals surface area contributed by atoms with Crippen LogP contribution in [0.5, 0.6) is 11.6 Å². The molecule has 0 unspecified atom stereocenters. The molecule has 0 amide bonds. The molecule has 1 heterocycles. The van der Waals surface area contributed by atoms with Crippen molar-refractivity contribution in [2.75, 3.05) is 13.2 Å². The summed E-state index contributed by atoms with van der Waals surface area (Å²) in [6, 6.07) is 8.60. The Balaban J connectivity index is 2.13. The van der Waals surface area contributed by atoms with Crippen LogP contribution >= 0.6 is 27.5 Å². The molecule has 2 aromatic carbocycles. The number of ether oxygens (including phenoxy) is 2. The summed E-state index contributed by atoms with van der Waals surface area (Å²) < 4.78 is 50.7. The van der Waals surface area contributed by atoms with E-state index in [0.717, 1.165) is 16.6 Å². The molecule has 0 aliphatic carbocycles. The van der Waals surface area contributed by atoms with Gasteiger partial charge in [0.25, 0.3) is 0 Å². The molecule has 29 heavy (non-hydrogen) atoms. The van der Waals surface area contributed by atoms with E-state index >= 15 is 0 Å². The lowest BCUT2D eigenvalue weighted by Crippen LogP contribution is -2.06. The van der Waals surface area contributed by atoms with Gasteiger partial charge >= 0.3 is 6.18 Å². The highest BCUT2D eigenvalue weighted by atomic mass is 79.9. The Morgan fingerprint density at radius 1 is 1.00 bits per heavy atom. The predicted octanol–water partition coefficient (Wildman–Crippen LogP) is 7.06. The SMILES string of the molecule is CCOc1nc2ccc(Br)c(OCC)c2c(Cl)c1Cc1ccc(C(F)(F)F)cc1. The van der Waals surface area contributed by atoms with Gasteiger partial charge in [-0.25, -0.2) is 4.98 Å².